The van der Waals surface area contributed by atoms with E-state index in [1.807, 2.05) is 11.9 Å². The molecule has 0 aromatic heterocycles. The van der Waals surface area contributed by atoms with E-state index >= 15 is 0 Å². The standard InChI is InChI=1S/C13H24N2O2/c1-15(9-10-16)11-13(17)14-8-7-12-5-3-2-4-6-12/h5,16H,2-4,6-11H2,1H3,(H,14,17). The highest BCUT2D eigenvalue weighted by Gasteiger charge is 2.07. The summed E-state index contributed by atoms with van der Waals surface area (Å²) in [5.74, 6) is 0.0392. The van der Waals surface area contributed by atoms with Gasteiger partial charge in [-0.3, -0.25) is 9.69 Å². The Bertz CT molecular complexity index is 264. The smallest absolute Gasteiger partial charge is 0.234 e. The van der Waals surface area contributed by atoms with E-state index in [1.54, 1.807) is 0 Å². The molecule has 0 aromatic carbocycles. The summed E-state index contributed by atoms with van der Waals surface area (Å²) in [4.78, 5) is 13.3. The molecule has 4 nitrogen and oxygen atoms in total. The fourth-order valence-electron chi connectivity index (χ4n) is 2.05. The van der Waals surface area contributed by atoms with Crippen molar-refractivity contribution in [1.82, 2.24) is 10.2 Å². The minimum atomic E-state index is 0.0392. The van der Waals surface area contributed by atoms with Gasteiger partial charge < -0.3 is 10.4 Å². The summed E-state index contributed by atoms with van der Waals surface area (Å²) in [6.45, 7) is 1.73. The molecule has 0 fully saturated rings. The normalized spacial score (nSPS) is 15.8. The van der Waals surface area contributed by atoms with Crippen LogP contribution in [0.4, 0.5) is 0 Å². The highest BCUT2D eigenvalue weighted by atomic mass is 16.3. The Labute approximate surface area is 104 Å². The number of nitrogens with one attached hydrogen (secondary N) is 1. The zero-order chi connectivity index (χ0) is 12.5. The Hall–Kier alpha value is -0.870. The van der Waals surface area contributed by atoms with Crippen LogP contribution in [0.15, 0.2) is 11.6 Å². The number of hydrogen-bond donors (Lipinski definition) is 2. The fraction of sp³-hybridized carbons (Fsp3) is 0.769. The molecule has 0 spiro atoms. The molecule has 2 N–H and O–H groups in total. The van der Waals surface area contributed by atoms with Gasteiger partial charge in [0.1, 0.15) is 0 Å². The molecule has 0 heterocycles. The lowest BCUT2D eigenvalue weighted by Crippen LogP contribution is -2.36. The van der Waals surface area contributed by atoms with Gasteiger partial charge in [0, 0.05) is 13.1 Å². The van der Waals surface area contributed by atoms with Gasteiger partial charge in [0.05, 0.1) is 13.2 Å². The summed E-state index contributed by atoms with van der Waals surface area (Å²) in [5, 5.41) is 11.6. The number of hydrogen-bond acceptors (Lipinski definition) is 3. The molecule has 0 bridgehead atoms. The first-order valence-corrected chi connectivity index (χ1v) is 6.46. The van der Waals surface area contributed by atoms with Gasteiger partial charge in [0.15, 0.2) is 0 Å². The van der Waals surface area contributed by atoms with E-state index in [-0.39, 0.29) is 12.5 Å². The maximum atomic E-state index is 11.5. The summed E-state index contributed by atoms with van der Waals surface area (Å²) >= 11 is 0. The van der Waals surface area contributed by atoms with Gasteiger partial charge in [-0.25, -0.2) is 0 Å². The number of aliphatic hydroxyl groups excluding tert-OH is 1. The highest BCUT2D eigenvalue weighted by Crippen LogP contribution is 2.19. The average Bonchev–Trinajstić information content (AvgIpc) is 2.30. The Morgan fingerprint density at radius 3 is 3.00 bits per heavy atom. The number of allylic oxidation sites excluding steroid dienone is 1. The first kappa shape index (κ1) is 14.2. The third-order valence-corrected chi connectivity index (χ3v) is 3.05. The Morgan fingerprint density at radius 2 is 2.35 bits per heavy atom. The van der Waals surface area contributed by atoms with E-state index in [1.165, 1.54) is 31.3 Å². The number of aliphatic hydroxyl groups is 1. The predicted octanol–water partition coefficient (Wildman–Crippen LogP) is 0.917. The molecular weight excluding hydrogens is 216 g/mol. The molecule has 98 valence electrons. The number of carbonyl (C=O) groups is 1. The average molecular weight is 240 g/mol. The number of nitrogens with zero attached hydrogens (tertiary/aromatic N) is 1. The van der Waals surface area contributed by atoms with Crippen molar-refractivity contribution in [2.75, 3.05) is 33.3 Å². The lowest BCUT2D eigenvalue weighted by atomic mass is 9.97. The van der Waals surface area contributed by atoms with Crippen LogP contribution in [0.25, 0.3) is 0 Å². The SMILES string of the molecule is CN(CCO)CC(=O)NCCC1=CCCCC1. The van der Waals surface area contributed by atoms with Crippen molar-refractivity contribution in [1.29, 1.82) is 0 Å². The van der Waals surface area contributed by atoms with Gasteiger partial charge in [0.25, 0.3) is 0 Å². The van der Waals surface area contributed by atoms with Gasteiger partial charge in [-0.15, -0.1) is 0 Å². The van der Waals surface area contributed by atoms with Gasteiger partial charge >= 0.3 is 0 Å². The number of carbonyl (C=O) groups excluding carboxylic acids is 1. The molecule has 4 heteroatoms. The van der Waals surface area contributed by atoms with Gasteiger partial charge in [0.2, 0.25) is 5.91 Å². The second kappa shape index (κ2) is 8.25. The van der Waals surface area contributed by atoms with Crippen LogP contribution in [0.3, 0.4) is 0 Å². The summed E-state index contributed by atoms with van der Waals surface area (Å²) in [6, 6.07) is 0. The minimum absolute atomic E-state index is 0.0392. The molecule has 0 radical (unpaired) electrons. The van der Waals surface area contributed by atoms with Crippen LogP contribution in [0.5, 0.6) is 0 Å². The van der Waals surface area contributed by atoms with Gasteiger partial charge in [-0.2, -0.15) is 0 Å². The van der Waals surface area contributed by atoms with Crippen LogP contribution in [0.2, 0.25) is 0 Å². The van der Waals surface area contributed by atoms with E-state index < -0.39 is 0 Å². The first-order valence-electron chi connectivity index (χ1n) is 6.46. The third-order valence-electron chi connectivity index (χ3n) is 3.05. The first-order chi connectivity index (χ1) is 8.22. The highest BCUT2D eigenvalue weighted by molar-refractivity contribution is 5.77. The minimum Gasteiger partial charge on any atom is -0.395 e. The van der Waals surface area contributed by atoms with E-state index in [0.717, 1.165) is 13.0 Å². The van der Waals surface area contributed by atoms with Crippen molar-refractivity contribution in [2.45, 2.75) is 32.1 Å². The van der Waals surface area contributed by atoms with Crippen molar-refractivity contribution in [3.05, 3.63) is 11.6 Å². The second-order valence-electron chi connectivity index (χ2n) is 4.67. The fourth-order valence-corrected chi connectivity index (χ4v) is 2.05. The van der Waals surface area contributed by atoms with E-state index in [9.17, 15) is 4.79 Å². The van der Waals surface area contributed by atoms with Crippen molar-refractivity contribution >= 4 is 5.91 Å². The van der Waals surface area contributed by atoms with Crippen molar-refractivity contribution in [2.24, 2.45) is 0 Å². The zero-order valence-corrected chi connectivity index (χ0v) is 10.7. The largest absolute Gasteiger partial charge is 0.395 e. The van der Waals surface area contributed by atoms with Crippen molar-refractivity contribution in [3.8, 4) is 0 Å². The lowest BCUT2D eigenvalue weighted by Gasteiger charge is -2.16. The molecule has 17 heavy (non-hydrogen) atoms. The maximum Gasteiger partial charge on any atom is 0.234 e. The molecule has 0 aromatic rings. The quantitative estimate of drug-likeness (QED) is 0.651. The second-order valence-corrected chi connectivity index (χ2v) is 4.67. The summed E-state index contributed by atoms with van der Waals surface area (Å²) < 4.78 is 0. The van der Waals surface area contributed by atoms with Crippen LogP contribution in [-0.4, -0.2) is 49.2 Å². The van der Waals surface area contributed by atoms with Crippen molar-refractivity contribution in [3.63, 3.8) is 0 Å². The van der Waals surface area contributed by atoms with E-state index in [4.69, 9.17) is 5.11 Å². The molecule has 1 aliphatic carbocycles. The topological polar surface area (TPSA) is 52.6 Å². The monoisotopic (exact) mass is 240 g/mol. The molecule has 1 amide bonds. The molecule has 0 saturated heterocycles. The van der Waals surface area contributed by atoms with E-state index in [2.05, 4.69) is 11.4 Å². The third kappa shape index (κ3) is 6.44. The number of amides is 1. The molecule has 0 unspecified atom stereocenters. The van der Waals surface area contributed by atoms with Crippen LogP contribution < -0.4 is 5.32 Å². The predicted molar refractivity (Wildman–Crippen MR) is 68.8 cm³/mol. The Balaban J connectivity index is 2.09. The maximum absolute atomic E-state index is 11.5. The lowest BCUT2D eigenvalue weighted by molar-refractivity contribution is -0.121. The summed E-state index contributed by atoms with van der Waals surface area (Å²) in [6.07, 6.45) is 8.28. The Kier molecular flexibility index (Phi) is 6.89. The number of rotatable bonds is 7. The Morgan fingerprint density at radius 1 is 1.53 bits per heavy atom. The molecule has 0 aliphatic heterocycles. The van der Waals surface area contributed by atoms with Crippen LogP contribution in [0.1, 0.15) is 32.1 Å². The zero-order valence-electron chi connectivity index (χ0n) is 10.7. The molecule has 1 aliphatic rings. The van der Waals surface area contributed by atoms with Crippen LogP contribution >= 0.6 is 0 Å². The summed E-state index contributed by atoms with van der Waals surface area (Å²) in [7, 11) is 1.83. The molecule has 1 rings (SSSR count). The van der Waals surface area contributed by atoms with E-state index in [0.29, 0.717) is 13.1 Å². The van der Waals surface area contributed by atoms with Crippen LogP contribution in [-0.2, 0) is 4.79 Å². The molecule has 0 atom stereocenters. The molecular formula is C13H24N2O2. The van der Waals surface area contributed by atoms with Crippen molar-refractivity contribution < 1.29 is 9.90 Å². The van der Waals surface area contributed by atoms with Gasteiger partial charge in [-0.05, 0) is 39.2 Å². The van der Waals surface area contributed by atoms with Gasteiger partial charge in [-0.1, -0.05) is 11.6 Å². The van der Waals surface area contributed by atoms with Crippen LogP contribution in [0, 0.1) is 0 Å². The number of likely N-dealkylation sites (N-methyl/N-ethyl adjacent to an activating group) is 1. The molecule has 0 saturated carbocycles. The summed E-state index contributed by atoms with van der Waals surface area (Å²) in [5.41, 5.74) is 1.49.